The maximum atomic E-state index is 6.00. The molecule has 1 aromatic carbocycles. The molecule has 2 aromatic heterocycles. The third-order valence-corrected chi connectivity index (χ3v) is 4.53. The first-order chi connectivity index (χ1) is 10.1. The summed E-state index contributed by atoms with van der Waals surface area (Å²) in [6.07, 6.45) is 2.54. The highest BCUT2D eigenvalue weighted by atomic mass is 35.5. The van der Waals surface area contributed by atoms with Crippen LogP contribution in [0.25, 0.3) is 10.2 Å². The second kappa shape index (κ2) is 6.00. The lowest BCUT2D eigenvalue weighted by Crippen LogP contribution is -2.19. The summed E-state index contributed by atoms with van der Waals surface area (Å²) in [6.45, 7) is 4.25. The van der Waals surface area contributed by atoms with Gasteiger partial charge in [-0.1, -0.05) is 17.7 Å². The first-order valence-electron chi connectivity index (χ1n) is 6.83. The number of rotatable bonds is 4. The molecule has 0 fully saturated rings. The highest BCUT2D eigenvalue weighted by Crippen LogP contribution is 2.25. The molecule has 0 aliphatic carbocycles. The summed E-state index contributed by atoms with van der Waals surface area (Å²) in [5.74, 6) is 0.903. The Kier molecular flexibility index (Phi) is 4.08. The van der Waals surface area contributed by atoms with E-state index in [4.69, 9.17) is 11.6 Å². The second-order valence-corrected chi connectivity index (χ2v) is 6.51. The van der Waals surface area contributed by atoms with Gasteiger partial charge in [-0.25, -0.2) is 9.97 Å². The molecule has 5 heteroatoms. The average molecular weight is 318 g/mol. The molecule has 3 nitrogen and oxygen atoms in total. The lowest BCUT2D eigenvalue weighted by Gasteiger charge is -2.16. The molecule has 0 aliphatic heterocycles. The SMILES string of the molecule is Cc1cc(Cl)ccc1CC(C)Nc1ncnc2sccc12. The van der Waals surface area contributed by atoms with Crippen LogP contribution in [-0.2, 0) is 6.42 Å². The van der Waals surface area contributed by atoms with Gasteiger partial charge in [0.15, 0.2) is 0 Å². The van der Waals surface area contributed by atoms with E-state index >= 15 is 0 Å². The minimum absolute atomic E-state index is 0.280. The average Bonchev–Trinajstić information content (AvgIpc) is 2.91. The number of benzene rings is 1. The van der Waals surface area contributed by atoms with E-state index < -0.39 is 0 Å². The van der Waals surface area contributed by atoms with Gasteiger partial charge in [-0.05, 0) is 55.0 Å². The Morgan fingerprint density at radius 1 is 1.29 bits per heavy atom. The van der Waals surface area contributed by atoms with Gasteiger partial charge in [-0.15, -0.1) is 11.3 Å². The van der Waals surface area contributed by atoms with Gasteiger partial charge >= 0.3 is 0 Å². The fourth-order valence-corrected chi connectivity index (χ4v) is 3.37. The van der Waals surface area contributed by atoms with Gasteiger partial charge in [0.2, 0.25) is 0 Å². The number of thiophene rings is 1. The van der Waals surface area contributed by atoms with Gasteiger partial charge in [0.05, 0.1) is 5.39 Å². The normalized spacial score (nSPS) is 12.5. The minimum atomic E-state index is 0.280. The Bertz CT molecular complexity index is 769. The van der Waals surface area contributed by atoms with Crippen LogP contribution in [0, 0.1) is 6.92 Å². The summed E-state index contributed by atoms with van der Waals surface area (Å²) in [5.41, 5.74) is 2.52. The molecule has 2 heterocycles. The van der Waals surface area contributed by atoms with E-state index in [1.807, 2.05) is 17.5 Å². The largest absolute Gasteiger partial charge is 0.367 e. The van der Waals surface area contributed by atoms with Crippen LogP contribution in [0.2, 0.25) is 5.02 Å². The van der Waals surface area contributed by atoms with Crippen molar-refractivity contribution < 1.29 is 0 Å². The van der Waals surface area contributed by atoms with Gasteiger partial charge in [-0.2, -0.15) is 0 Å². The molecule has 0 saturated heterocycles. The number of hydrogen-bond acceptors (Lipinski definition) is 4. The Morgan fingerprint density at radius 2 is 2.14 bits per heavy atom. The van der Waals surface area contributed by atoms with Crippen LogP contribution >= 0.6 is 22.9 Å². The first kappa shape index (κ1) is 14.3. The maximum absolute atomic E-state index is 6.00. The smallest absolute Gasteiger partial charge is 0.138 e. The predicted molar refractivity (Wildman–Crippen MR) is 90.4 cm³/mol. The van der Waals surface area contributed by atoms with E-state index in [1.54, 1.807) is 17.7 Å². The molecule has 0 bridgehead atoms. The molecule has 1 atom stereocenters. The number of nitrogens with zero attached hydrogens (tertiary/aromatic N) is 2. The van der Waals surface area contributed by atoms with Crippen molar-refractivity contribution in [1.82, 2.24) is 9.97 Å². The van der Waals surface area contributed by atoms with Crippen molar-refractivity contribution >= 4 is 39.0 Å². The van der Waals surface area contributed by atoms with E-state index in [1.165, 1.54) is 11.1 Å². The van der Waals surface area contributed by atoms with Crippen LogP contribution in [0.3, 0.4) is 0 Å². The molecule has 0 aliphatic rings. The highest BCUT2D eigenvalue weighted by Gasteiger charge is 2.10. The zero-order valence-electron chi connectivity index (χ0n) is 11.9. The highest BCUT2D eigenvalue weighted by molar-refractivity contribution is 7.16. The van der Waals surface area contributed by atoms with E-state index in [0.717, 1.165) is 27.5 Å². The van der Waals surface area contributed by atoms with Crippen LogP contribution in [-0.4, -0.2) is 16.0 Å². The van der Waals surface area contributed by atoms with Crippen molar-refractivity contribution in [2.45, 2.75) is 26.3 Å². The molecule has 3 rings (SSSR count). The van der Waals surface area contributed by atoms with Crippen LogP contribution in [0.5, 0.6) is 0 Å². The molecular weight excluding hydrogens is 302 g/mol. The second-order valence-electron chi connectivity index (χ2n) is 5.18. The lowest BCUT2D eigenvalue weighted by atomic mass is 10.0. The fourth-order valence-electron chi connectivity index (χ4n) is 2.41. The van der Waals surface area contributed by atoms with Crippen molar-refractivity contribution in [3.05, 3.63) is 52.1 Å². The number of hydrogen-bond donors (Lipinski definition) is 1. The summed E-state index contributed by atoms with van der Waals surface area (Å²) < 4.78 is 0. The van der Waals surface area contributed by atoms with Crippen molar-refractivity contribution in [2.75, 3.05) is 5.32 Å². The molecule has 3 aromatic rings. The van der Waals surface area contributed by atoms with E-state index in [0.29, 0.717) is 0 Å². The van der Waals surface area contributed by atoms with E-state index in [-0.39, 0.29) is 6.04 Å². The molecular formula is C16H16ClN3S. The predicted octanol–water partition coefficient (Wildman–Crippen LogP) is 4.70. The van der Waals surface area contributed by atoms with Gasteiger partial charge in [-0.3, -0.25) is 0 Å². The Labute approximate surface area is 133 Å². The Hall–Kier alpha value is -1.65. The summed E-state index contributed by atoms with van der Waals surface area (Å²) in [4.78, 5) is 9.65. The summed E-state index contributed by atoms with van der Waals surface area (Å²) in [7, 11) is 0. The number of aryl methyl sites for hydroxylation is 1. The van der Waals surface area contributed by atoms with Crippen molar-refractivity contribution in [3.63, 3.8) is 0 Å². The first-order valence-corrected chi connectivity index (χ1v) is 8.09. The monoisotopic (exact) mass is 317 g/mol. The van der Waals surface area contributed by atoms with Crippen molar-refractivity contribution in [3.8, 4) is 0 Å². The summed E-state index contributed by atoms with van der Waals surface area (Å²) in [6, 6.07) is 8.38. The quantitative estimate of drug-likeness (QED) is 0.758. The van der Waals surface area contributed by atoms with Gasteiger partial charge in [0.25, 0.3) is 0 Å². The van der Waals surface area contributed by atoms with Crippen LogP contribution in [0.4, 0.5) is 5.82 Å². The molecule has 108 valence electrons. The van der Waals surface area contributed by atoms with Crippen LogP contribution < -0.4 is 5.32 Å². The third kappa shape index (κ3) is 3.17. The molecule has 0 saturated carbocycles. The van der Waals surface area contributed by atoms with E-state index in [2.05, 4.69) is 41.3 Å². The molecule has 0 spiro atoms. The molecule has 1 unspecified atom stereocenters. The van der Waals surface area contributed by atoms with Crippen LogP contribution in [0.1, 0.15) is 18.1 Å². The van der Waals surface area contributed by atoms with Crippen LogP contribution in [0.15, 0.2) is 36.0 Å². The molecule has 1 N–H and O–H groups in total. The number of nitrogens with one attached hydrogen (secondary N) is 1. The number of anilines is 1. The zero-order chi connectivity index (χ0) is 14.8. The third-order valence-electron chi connectivity index (χ3n) is 3.48. The maximum Gasteiger partial charge on any atom is 0.138 e. The summed E-state index contributed by atoms with van der Waals surface area (Å²) >= 11 is 7.64. The lowest BCUT2D eigenvalue weighted by molar-refractivity contribution is 0.781. The minimum Gasteiger partial charge on any atom is -0.367 e. The Morgan fingerprint density at radius 3 is 2.95 bits per heavy atom. The number of aromatic nitrogens is 2. The molecule has 21 heavy (non-hydrogen) atoms. The standard InChI is InChI=1S/C16H16ClN3S/c1-10-7-13(17)4-3-12(10)8-11(2)20-15-14-5-6-21-16(14)19-9-18-15/h3-7,9,11H,8H2,1-2H3,(H,18,19,20). The number of fused-ring (bicyclic) bond motifs is 1. The summed E-state index contributed by atoms with van der Waals surface area (Å²) in [5, 5.41) is 7.39. The van der Waals surface area contributed by atoms with Gasteiger partial charge in [0, 0.05) is 11.1 Å². The topological polar surface area (TPSA) is 37.8 Å². The zero-order valence-corrected chi connectivity index (χ0v) is 13.5. The molecule has 0 amide bonds. The van der Waals surface area contributed by atoms with E-state index in [9.17, 15) is 0 Å². The van der Waals surface area contributed by atoms with Crippen molar-refractivity contribution in [1.29, 1.82) is 0 Å². The van der Waals surface area contributed by atoms with Gasteiger partial charge in [0.1, 0.15) is 17.0 Å². The molecule has 0 radical (unpaired) electrons. The van der Waals surface area contributed by atoms with Gasteiger partial charge < -0.3 is 5.32 Å². The number of halogens is 1. The Balaban J connectivity index is 1.77. The fraction of sp³-hybridized carbons (Fsp3) is 0.250. The van der Waals surface area contributed by atoms with Crippen molar-refractivity contribution in [2.24, 2.45) is 0 Å².